The van der Waals surface area contributed by atoms with Crippen molar-refractivity contribution in [2.75, 3.05) is 40.4 Å². The Hall–Kier alpha value is -1.85. The molecule has 170 valence electrons. The number of piperazine rings is 1. The molecular weight excluding hydrogens is 464 g/mol. The number of methoxy groups -OCH3 is 2. The van der Waals surface area contributed by atoms with Crippen LogP contribution >= 0.6 is 11.6 Å². The summed E-state index contributed by atoms with van der Waals surface area (Å²) in [6.45, 7) is 3.62. The van der Waals surface area contributed by atoms with Gasteiger partial charge in [0, 0.05) is 37.3 Å². The molecule has 0 spiro atoms. The Morgan fingerprint density at radius 2 is 1.32 bits per heavy atom. The molecule has 0 aliphatic carbocycles. The molecule has 0 N–H and O–H groups in total. The SMILES string of the molecule is COc1ccc(S(=O)(=O)N2CCN(S(=O)(=O)c3cc(C)c(Cl)cc3C)CC2)cc1OC. The van der Waals surface area contributed by atoms with E-state index in [0.29, 0.717) is 27.6 Å². The van der Waals surface area contributed by atoms with Crippen molar-refractivity contribution in [1.82, 2.24) is 8.61 Å². The van der Waals surface area contributed by atoms with E-state index in [9.17, 15) is 16.8 Å². The van der Waals surface area contributed by atoms with Crippen LogP contribution in [-0.2, 0) is 20.0 Å². The third-order valence-corrected chi connectivity index (χ3v) is 9.61. The number of rotatable bonds is 6. The van der Waals surface area contributed by atoms with Crippen LogP contribution in [0.2, 0.25) is 5.02 Å². The third-order valence-electron chi connectivity index (χ3n) is 5.26. The fourth-order valence-corrected chi connectivity index (χ4v) is 6.82. The molecule has 1 saturated heterocycles. The van der Waals surface area contributed by atoms with Crippen LogP contribution in [-0.4, -0.2) is 65.8 Å². The first kappa shape index (κ1) is 23.8. The van der Waals surface area contributed by atoms with E-state index >= 15 is 0 Å². The quantitative estimate of drug-likeness (QED) is 0.620. The van der Waals surface area contributed by atoms with Gasteiger partial charge in [-0.25, -0.2) is 16.8 Å². The Balaban J connectivity index is 1.81. The van der Waals surface area contributed by atoms with Gasteiger partial charge in [0.05, 0.1) is 24.0 Å². The Morgan fingerprint density at radius 1 is 0.774 bits per heavy atom. The first-order valence-corrected chi connectivity index (χ1v) is 12.8. The minimum absolute atomic E-state index is 0.0432. The summed E-state index contributed by atoms with van der Waals surface area (Å²) >= 11 is 6.09. The summed E-state index contributed by atoms with van der Waals surface area (Å²) in [6, 6.07) is 7.55. The van der Waals surface area contributed by atoms with Gasteiger partial charge in [0.2, 0.25) is 20.0 Å². The Kier molecular flexibility index (Phi) is 6.87. The van der Waals surface area contributed by atoms with Gasteiger partial charge in [0.1, 0.15) is 0 Å². The lowest BCUT2D eigenvalue weighted by Crippen LogP contribution is -2.50. The topological polar surface area (TPSA) is 93.2 Å². The summed E-state index contributed by atoms with van der Waals surface area (Å²) in [5, 5.41) is 0.502. The van der Waals surface area contributed by atoms with Gasteiger partial charge in [-0.05, 0) is 49.2 Å². The number of halogens is 1. The number of nitrogens with zero attached hydrogens (tertiary/aromatic N) is 2. The normalized spacial score (nSPS) is 16.3. The molecule has 1 heterocycles. The van der Waals surface area contributed by atoms with E-state index in [-0.39, 0.29) is 36.0 Å². The smallest absolute Gasteiger partial charge is 0.243 e. The van der Waals surface area contributed by atoms with Gasteiger partial charge in [-0.3, -0.25) is 0 Å². The van der Waals surface area contributed by atoms with Crippen LogP contribution in [0, 0.1) is 13.8 Å². The maximum absolute atomic E-state index is 13.1. The lowest BCUT2D eigenvalue weighted by Gasteiger charge is -2.33. The van der Waals surface area contributed by atoms with Crippen molar-refractivity contribution in [3.63, 3.8) is 0 Å². The van der Waals surface area contributed by atoms with Gasteiger partial charge in [-0.15, -0.1) is 0 Å². The summed E-state index contributed by atoms with van der Waals surface area (Å²) in [5.74, 6) is 0.726. The maximum Gasteiger partial charge on any atom is 0.243 e. The molecule has 0 aromatic heterocycles. The van der Waals surface area contributed by atoms with Gasteiger partial charge in [-0.1, -0.05) is 11.6 Å². The van der Waals surface area contributed by atoms with Crippen LogP contribution in [0.1, 0.15) is 11.1 Å². The summed E-state index contributed by atoms with van der Waals surface area (Å²) in [7, 11) is -4.69. The minimum Gasteiger partial charge on any atom is -0.493 e. The molecule has 0 unspecified atom stereocenters. The standard InChI is InChI=1S/C20H25ClN2O6S2/c1-14-12-20(15(2)11-17(14)21)31(26,27)23-9-7-22(8-10-23)30(24,25)16-5-6-18(28-3)19(13-16)29-4/h5-6,11-13H,7-10H2,1-4H3. The molecule has 0 amide bonds. The zero-order valence-electron chi connectivity index (χ0n) is 17.8. The third kappa shape index (κ3) is 4.54. The van der Waals surface area contributed by atoms with Crippen LogP contribution in [0.5, 0.6) is 11.5 Å². The molecule has 1 aliphatic rings. The van der Waals surface area contributed by atoms with E-state index in [0.717, 1.165) is 0 Å². The molecule has 0 radical (unpaired) electrons. The van der Waals surface area contributed by atoms with Gasteiger partial charge in [0.15, 0.2) is 11.5 Å². The lowest BCUT2D eigenvalue weighted by atomic mass is 10.2. The minimum atomic E-state index is -3.81. The van der Waals surface area contributed by atoms with E-state index in [1.807, 2.05) is 0 Å². The predicted octanol–water partition coefficient (Wildman–Crippen LogP) is 2.67. The number of benzene rings is 2. The number of aryl methyl sites for hydroxylation is 2. The highest BCUT2D eigenvalue weighted by atomic mass is 35.5. The first-order chi connectivity index (χ1) is 14.5. The van der Waals surface area contributed by atoms with Crippen molar-refractivity contribution in [1.29, 1.82) is 0 Å². The molecule has 3 rings (SSSR count). The van der Waals surface area contributed by atoms with Crippen molar-refractivity contribution in [3.8, 4) is 11.5 Å². The van der Waals surface area contributed by atoms with E-state index in [2.05, 4.69) is 0 Å². The molecule has 1 aliphatic heterocycles. The molecule has 11 heteroatoms. The number of hydrogen-bond donors (Lipinski definition) is 0. The van der Waals surface area contributed by atoms with E-state index in [1.165, 1.54) is 41.0 Å². The Bertz CT molecular complexity index is 1190. The second-order valence-electron chi connectivity index (χ2n) is 7.19. The highest BCUT2D eigenvalue weighted by molar-refractivity contribution is 7.89. The monoisotopic (exact) mass is 488 g/mol. The van der Waals surface area contributed by atoms with Crippen LogP contribution in [0.25, 0.3) is 0 Å². The van der Waals surface area contributed by atoms with Crippen molar-refractivity contribution in [3.05, 3.63) is 46.5 Å². The summed E-state index contributed by atoms with van der Waals surface area (Å²) in [4.78, 5) is 0.247. The predicted molar refractivity (Wildman–Crippen MR) is 118 cm³/mol. The first-order valence-electron chi connectivity index (χ1n) is 9.51. The molecule has 1 fully saturated rings. The van der Waals surface area contributed by atoms with Gasteiger partial charge in [0.25, 0.3) is 0 Å². The second kappa shape index (κ2) is 8.95. The van der Waals surface area contributed by atoms with Gasteiger partial charge >= 0.3 is 0 Å². The van der Waals surface area contributed by atoms with Crippen molar-refractivity contribution < 1.29 is 26.3 Å². The fraction of sp³-hybridized carbons (Fsp3) is 0.400. The van der Waals surface area contributed by atoms with E-state index in [1.54, 1.807) is 26.0 Å². The molecule has 8 nitrogen and oxygen atoms in total. The largest absolute Gasteiger partial charge is 0.493 e. The van der Waals surface area contributed by atoms with Gasteiger partial charge in [-0.2, -0.15) is 8.61 Å². The number of ether oxygens (including phenoxy) is 2. The van der Waals surface area contributed by atoms with E-state index in [4.69, 9.17) is 21.1 Å². The highest BCUT2D eigenvalue weighted by Gasteiger charge is 2.35. The number of hydrogen-bond acceptors (Lipinski definition) is 6. The van der Waals surface area contributed by atoms with Crippen molar-refractivity contribution >= 4 is 31.6 Å². The second-order valence-corrected chi connectivity index (χ2v) is 11.4. The van der Waals surface area contributed by atoms with Crippen LogP contribution in [0.3, 0.4) is 0 Å². The highest BCUT2D eigenvalue weighted by Crippen LogP contribution is 2.32. The zero-order valence-corrected chi connectivity index (χ0v) is 20.1. The molecular formula is C20H25ClN2O6S2. The molecule has 2 aromatic rings. The van der Waals surface area contributed by atoms with E-state index < -0.39 is 20.0 Å². The fourth-order valence-electron chi connectivity index (χ4n) is 3.45. The number of sulfonamides is 2. The van der Waals surface area contributed by atoms with Crippen molar-refractivity contribution in [2.24, 2.45) is 0 Å². The zero-order chi connectivity index (χ0) is 23.0. The van der Waals surface area contributed by atoms with Crippen LogP contribution in [0.15, 0.2) is 40.1 Å². The molecule has 31 heavy (non-hydrogen) atoms. The average molecular weight is 489 g/mol. The molecule has 0 saturated carbocycles. The Labute approximate surface area is 188 Å². The van der Waals surface area contributed by atoms with Gasteiger partial charge < -0.3 is 9.47 Å². The molecule has 0 bridgehead atoms. The average Bonchev–Trinajstić information content (AvgIpc) is 2.75. The Morgan fingerprint density at radius 3 is 1.87 bits per heavy atom. The lowest BCUT2D eigenvalue weighted by molar-refractivity contribution is 0.272. The van der Waals surface area contributed by atoms with Crippen LogP contribution < -0.4 is 9.47 Å². The molecule has 2 aromatic carbocycles. The summed E-state index contributed by atoms with van der Waals surface area (Å²) in [6.07, 6.45) is 0. The maximum atomic E-state index is 13.1. The van der Waals surface area contributed by atoms with Crippen molar-refractivity contribution in [2.45, 2.75) is 23.6 Å². The summed E-state index contributed by atoms with van der Waals surface area (Å²) < 4.78 is 65.3. The summed E-state index contributed by atoms with van der Waals surface area (Å²) in [5.41, 5.74) is 1.22. The molecule has 0 atom stereocenters. The van der Waals surface area contributed by atoms with Crippen LogP contribution in [0.4, 0.5) is 0 Å².